The van der Waals surface area contributed by atoms with Gasteiger partial charge < -0.3 is 4.90 Å². The number of amides is 1. The summed E-state index contributed by atoms with van der Waals surface area (Å²) < 4.78 is 0. The van der Waals surface area contributed by atoms with Crippen molar-refractivity contribution < 1.29 is 4.79 Å². The predicted octanol–water partition coefficient (Wildman–Crippen LogP) is 0.809. The molecule has 1 rings (SSSR count). The summed E-state index contributed by atoms with van der Waals surface area (Å²) in [4.78, 5) is 13.4. The lowest BCUT2D eigenvalue weighted by Gasteiger charge is -2.22. The van der Waals surface area contributed by atoms with Gasteiger partial charge in [-0.15, -0.1) is 0 Å². The molecule has 0 aromatic rings. The third kappa shape index (κ3) is 1.78. The van der Waals surface area contributed by atoms with Crippen molar-refractivity contribution in [3.8, 4) is 0 Å². The molecule has 70 valence electrons. The third-order valence-corrected chi connectivity index (χ3v) is 2.17. The van der Waals surface area contributed by atoms with E-state index in [4.69, 9.17) is 0 Å². The van der Waals surface area contributed by atoms with Crippen LogP contribution in [0.3, 0.4) is 0 Å². The molecule has 0 bridgehead atoms. The van der Waals surface area contributed by atoms with E-state index in [1.54, 1.807) is 0 Å². The highest BCUT2D eigenvalue weighted by atomic mass is 16.2. The lowest BCUT2D eigenvalue weighted by Crippen LogP contribution is -2.37. The highest BCUT2D eigenvalue weighted by molar-refractivity contribution is 5.83. The molecule has 2 atom stereocenters. The number of rotatable bonds is 2. The number of nitrogens with zero attached hydrogens (tertiary/aromatic N) is 1. The lowest BCUT2D eigenvalue weighted by molar-refractivity contribution is -0.130. The Kier molecular flexibility index (Phi) is 2.73. The zero-order valence-electron chi connectivity index (χ0n) is 8.29. The summed E-state index contributed by atoms with van der Waals surface area (Å²) in [7, 11) is 0. The average Bonchev–Trinajstić information content (AvgIpc) is 2.16. The fourth-order valence-corrected chi connectivity index (χ4v) is 1.60. The Morgan fingerprint density at radius 3 is 2.42 bits per heavy atom. The summed E-state index contributed by atoms with van der Waals surface area (Å²) in [6, 6.07) is -0.00116. The molecular formula is C9H18N2O. The van der Waals surface area contributed by atoms with Crippen LogP contribution in [0.5, 0.6) is 0 Å². The Labute approximate surface area is 74.1 Å². The van der Waals surface area contributed by atoms with Crippen LogP contribution in [0, 0.1) is 5.92 Å². The summed E-state index contributed by atoms with van der Waals surface area (Å²) >= 11 is 0. The predicted molar refractivity (Wildman–Crippen MR) is 48.6 cm³/mol. The summed E-state index contributed by atoms with van der Waals surface area (Å²) in [5.74, 6) is 0.778. The van der Waals surface area contributed by atoms with Crippen LogP contribution in [0.1, 0.15) is 27.7 Å². The van der Waals surface area contributed by atoms with Crippen molar-refractivity contribution in [1.82, 2.24) is 10.2 Å². The van der Waals surface area contributed by atoms with Crippen LogP contribution in [0.4, 0.5) is 0 Å². The Balaban J connectivity index is 2.57. The first-order valence-electron chi connectivity index (χ1n) is 4.59. The van der Waals surface area contributed by atoms with Crippen LogP contribution >= 0.6 is 0 Å². The number of nitrogens with one attached hydrogen (secondary N) is 1. The van der Waals surface area contributed by atoms with Crippen molar-refractivity contribution in [1.29, 1.82) is 0 Å². The van der Waals surface area contributed by atoms with Gasteiger partial charge in [-0.3, -0.25) is 10.1 Å². The van der Waals surface area contributed by atoms with Crippen molar-refractivity contribution in [2.24, 2.45) is 5.92 Å². The normalized spacial score (nSPS) is 30.4. The van der Waals surface area contributed by atoms with Gasteiger partial charge in [0, 0.05) is 6.54 Å². The van der Waals surface area contributed by atoms with Crippen LogP contribution < -0.4 is 5.32 Å². The second kappa shape index (κ2) is 3.44. The largest absolute Gasteiger partial charge is 0.326 e. The van der Waals surface area contributed by atoms with Crippen molar-refractivity contribution in [3.05, 3.63) is 0 Å². The maximum Gasteiger partial charge on any atom is 0.240 e. The monoisotopic (exact) mass is 170 g/mol. The zero-order chi connectivity index (χ0) is 9.30. The molecule has 1 saturated heterocycles. The molecule has 0 saturated carbocycles. The molecule has 0 aliphatic carbocycles. The summed E-state index contributed by atoms with van der Waals surface area (Å²) in [6.07, 6.45) is 0.204. The molecule has 0 radical (unpaired) electrons. The fraction of sp³-hybridized carbons (Fsp3) is 0.889. The number of hydrogen-bond donors (Lipinski definition) is 1. The van der Waals surface area contributed by atoms with Gasteiger partial charge in [0.25, 0.3) is 0 Å². The van der Waals surface area contributed by atoms with Crippen LogP contribution in [0.15, 0.2) is 0 Å². The minimum atomic E-state index is -0.00116. The van der Waals surface area contributed by atoms with E-state index in [1.807, 2.05) is 18.7 Å². The molecule has 1 N–H and O–H groups in total. The Morgan fingerprint density at radius 2 is 2.08 bits per heavy atom. The van der Waals surface area contributed by atoms with E-state index in [0.29, 0.717) is 5.92 Å². The van der Waals surface area contributed by atoms with Gasteiger partial charge in [-0.05, 0) is 19.8 Å². The Bertz CT molecular complexity index is 179. The number of hydrogen-bond acceptors (Lipinski definition) is 2. The topological polar surface area (TPSA) is 32.3 Å². The van der Waals surface area contributed by atoms with Gasteiger partial charge in [-0.2, -0.15) is 0 Å². The quantitative estimate of drug-likeness (QED) is 0.665. The van der Waals surface area contributed by atoms with Gasteiger partial charge in [0.05, 0.1) is 12.2 Å². The maximum absolute atomic E-state index is 11.5. The lowest BCUT2D eigenvalue weighted by atomic mass is 10.2. The molecular weight excluding hydrogens is 152 g/mol. The van der Waals surface area contributed by atoms with Gasteiger partial charge in [0.1, 0.15) is 0 Å². The average molecular weight is 170 g/mol. The van der Waals surface area contributed by atoms with Crippen LogP contribution in [-0.2, 0) is 4.79 Å². The van der Waals surface area contributed by atoms with Crippen molar-refractivity contribution in [2.45, 2.75) is 39.9 Å². The second-order valence-electron chi connectivity index (χ2n) is 3.95. The summed E-state index contributed by atoms with van der Waals surface area (Å²) in [5, 5.41) is 3.20. The molecule has 0 spiro atoms. The van der Waals surface area contributed by atoms with Gasteiger partial charge in [0.2, 0.25) is 5.91 Å². The van der Waals surface area contributed by atoms with Crippen molar-refractivity contribution in [2.75, 3.05) is 6.54 Å². The highest BCUT2D eigenvalue weighted by Gasteiger charge is 2.33. The first kappa shape index (κ1) is 9.52. The summed E-state index contributed by atoms with van der Waals surface area (Å²) in [5.41, 5.74) is 0. The first-order valence-corrected chi connectivity index (χ1v) is 4.59. The van der Waals surface area contributed by atoms with Gasteiger partial charge in [-0.25, -0.2) is 0 Å². The molecule has 1 aliphatic heterocycles. The summed E-state index contributed by atoms with van der Waals surface area (Å²) in [6.45, 7) is 9.06. The molecule has 12 heavy (non-hydrogen) atoms. The highest BCUT2D eigenvalue weighted by Crippen LogP contribution is 2.11. The van der Waals surface area contributed by atoms with E-state index in [1.165, 1.54) is 0 Å². The molecule has 1 fully saturated rings. The van der Waals surface area contributed by atoms with Gasteiger partial charge >= 0.3 is 0 Å². The van der Waals surface area contributed by atoms with Crippen LogP contribution in [0.2, 0.25) is 0 Å². The first-order chi connectivity index (χ1) is 5.52. The fourth-order valence-electron chi connectivity index (χ4n) is 1.60. The standard InChI is InChI=1S/C9H18N2O/c1-6(2)5-11-8(4)10-7(3)9(11)12/h6-8,10H,5H2,1-4H3. The van der Waals surface area contributed by atoms with E-state index in [-0.39, 0.29) is 18.1 Å². The van der Waals surface area contributed by atoms with Crippen molar-refractivity contribution >= 4 is 5.91 Å². The molecule has 3 nitrogen and oxygen atoms in total. The molecule has 3 heteroatoms. The second-order valence-corrected chi connectivity index (χ2v) is 3.95. The van der Waals surface area contributed by atoms with Gasteiger partial charge in [0.15, 0.2) is 0 Å². The van der Waals surface area contributed by atoms with E-state index >= 15 is 0 Å². The van der Waals surface area contributed by atoms with E-state index in [9.17, 15) is 4.79 Å². The molecule has 1 aliphatic rings. The zero-order valence-corrected chi connectivity index (χ0v) is 8.29. The molecule has 1 amide bonds. The minimum absolute atomic E-state index is 0.00116. The SMILES string of the molecule is CC(C)CN1C(=O)C(C)NC1C. The molecule has 2 unspecified atom stereocenters. The van der Waals surface area contributed by atoms with Crippen LogP contribution in [0.25, 0.3) is 0 Å². The van der Waals surface area contributed by atoms with E-state index < -0.39 is 0 Å². The van der Waals surface area contributed by atoms with Crippen molar-refractivity contribution in [3.63, 3.8) is 0 Å². The minimum Gasteiger partial charge on any atom is -0.326 e. The molecule has 0 aromatic carbocycles. The van der Waals surface area contributed by atoms with E-state index in [2.05, 4.69) is 19.2 Å². The Hall–Kier alpha value is -0.570. The third-order valence-electron chi connectivity index (χ3n) is 2.17. The molecule has 0 aromatic heterocycles. The smallest absolute Gasteiger partial charge is 0.240 e. The van der Waals surface area contributed by atoms with E-state index in [0.717, 1.165) is 6.54 Å². The number of carbonyl (C=O) groups is 1. The van der Waals surface area contributed by atoms with Crippen LogP contribution in [-0.4, -0.2) is 29.6 Å². The maximum atomic E-state index is 11.5. The Morgan fingerprint density at radius 1 is 1.50 bits per heavy atom. The van der Waals surface area contributed by atoms with Gasteiger partial charge in [-0.1, -0.05) is 13.8 Å². The number of carbonyl (C=O) groups excluding carboxylic acids is 1. The molecule has 1 heterocycles.